The summed E-state index contributed by atoms with van der Waals surface area (Å²) in [5.74, 6) is -0.255. The Hall–Kier alpha value is -3.09. The second kappa shape index (κ2) is 7.39. The van der Waals surface area contributed by atoms with Gasteiger partial charge in [-0.2, -0.15) is 13.2 Å². The minimum Gasteiger partial charge on any atom is -0.347 e. The zero-order valence-corrected chi connectivity index (χ0v) is 16.6. The van der Waals surface area contributed by atoms with Gasteiger partial charge in [-0.1, -0.05) is 12.1 Å². The molecule has 1 aromatic heterocycles. The van der Waals surface area contributed by atoms with Gasteiger partial charge in [0.1, 0.15) is 0 Å². The standard InChI is InChI=1S/C22H22F3N3O/c1-21(2,3)27-20(29)17-10-15(9-16(11-17)19-12-26-13-28(19)4)14-5-7-18(8-6-14)22(23,24)25/h5-13H,1-4H3,(H,27,29). The number of alkyl halides is 3. The van der Waals surface area contributed by atoms with Crippen molar-refractivity contribution in [1.82, 2.24) is 14.9 Å². The maximum atomic E-state index is 12.9. The molecule has 0 unspecified atom stereocenters. The van der Waals surface area contributed by atoms with Gasteiger partial charge in [0.2, 0.25) is 0 Å². The highest BCUT2D eigenvalue weighted by atomic mass is 19.4. The molecule has 0 atom stereocenters. The topological polar surface area (TPSA) is 46.9 Å². The molecule has 7 heteroatoms. The molecular weight excluding hydrogens is 379 g/mol. The number of imidazole rings is 1. The minimum atomic E-state index is -4.40. The van der Waals surface area contributed by atoms with Crippen molar-refractivity contribution < 1.29 is 18.0 Å². The second-order valence-corrected chi connectivity index (χ2v) is 7.97. The number of carbonyl (C=O) groups is 1. The van der Waals surface area contributed by atoms with E-state index >= 15 is 0 Å². The Morgan fingerprint density at radius 2 is 1.59 bits per heavy atom. The summed E-state index contributed by atoms with van der Waals surface area (Å²) in [7, 11) is 1.84. The highest BCUT2D eigenvalue weighted by Crippen LogP contribution is 2.33. The Morgan fingerprint density at radius 3 is 2.10 bits per heavy atom. The van der Waals surface area contributed by atoms with E-state index in [0.29, 0.717) is 16.7 Å². The summed E-state index contributed by atoms with van der Waals surface area (Å²) in [5.41, 5.74) is 2.07. The number of nitrogens with one attached hydrogen (secondary N) is 1. The Labute approximate surface area is 167 Å². The van der Waals surface area contributed by atoms with Gasteiger partial charge in [0.15, 0.2) is 0 Å². The van der Waals surface area contributed by atoms with E-state index in [9.17, 15) is 18.0 Å². The van der Waals surface area contributed by atoms with E-state index in [2.05, 4.69) is 10.3 Å². The molecule has 1 heterocycles. The number of halogens is 3. The van der Waals surface area contributed by atoms with Crippen molar-refractivity contribution in [3.63, 3.8) is 0 Å². The van der Waals surface area contributed by atoms with Crippen LogP contribution in [0.1, 0.15) is 36.7 Å². The average Bonchev–Trinajstić information content (AvgIpc) is 3.05. The van der Waals surface area contributed by atoms with Gasteiger partial charge in [0.05, 0.1) is 23.8 Å². The summed E-state index contributed by atoms with van der Waals surface area (Å²) in [6, 6.07) is 10.2. The third-order valence-electron chi connectivity index (χ3n) is 4.34. The van der Waals surface area contributed by atoms with Crippen molar-refractivity contribution in [2.45, 2.75) is 32.5 Å². The maximum absolute atomic E-state index is 12.9. The van der Waals surface area contributed by atoms with Gasteiger partial charge in [-0.3, -0.25) is 4.79 Å². The molecule has 0 aliphatic carbocycles. The molecule has 0 fully saturated rings. The number of aromatic nitrogens is 2. The molecule has 0 aliphatic rings. The Bertz CT molecular complexity index is 1030. The highest BCUT2D eigenvalue weighted by molar-refractivity contribution is 5.97. The Balaban J connectivity index is 2.10. The summed E-state index contributed by atoms with van der Waals surface area (Å²) in [6.07, 6.45) is -1.07. The number of hydrogen-bond donors (Lipinski definition) is 1. The lowest BCUT2D eigenvalue weighted by molar-refractivity contribution is -0.137. The van der Waals surface area contributed by atoms with Crippen LogP contribution in [-0.4, -0.2) is 21.0 Å². The molecule has 0 saturated carbocycles. The van der Waals surface area contributed by atoms with Gasteiger partial charge in [0.25, 0.3) is 5.91 Å². The van der Waals surface area contributed by atoms with Gasteiger partial charge in [-0.15, -0.1) is 0 Å². The first-order valence-corrected chi connectivity index (χ1v) is 9.06. The van der Waals surface area contributed by atoms with Gasteiger partial charge in [-0.25, -0.2) is 4.98 Å². The van der Waals surface area contributed by atoms with Crippen LogP contribution in [0.3, 0.4) is 0 Å². The number of rotatable bonds is 3. The lowest BCUT2D eigenvalue weighted by atomic mass is 9.96. The van der Waals surface area contributed by atoms with E-state index in [0.717, 1.165) is 23.4 Å². The van der Waals surface area contributed by atoms with Crippen LogP contribution < -0.4 is 5.32 Å². The lowest BCUT2D eigenvalue weighted by Crippen LogP contribution is -2.40. The van der Waals surface area contributed by atoms with Crippen molar-refractivity contribution in [3.05, 3.63) is 66.1 Å². The fourth-order valence-electron chi connectivity index (χ4n) is 2.97. The smallest absolute Gasteiger partial charge is 0.347 e. The fourth-order valence-corrected chi connectivity index (χ4v) is 2.97. The van der Waals surface area contributed by atoms with Crippen LogP contribution in [0.4, 0.5) is 13.2 Å². The predicted octanol–water partition coefficient (Wildman–Crippen LogP) is 5.30. The molecule has 0 radical (unpaired) electrons. The van der Waals surface area contributed by atoms with Crippen LogP contribution in [0.15, 0.2) is 55.0 Å². The van der Waals surface area contributed by atoms with Crippen molar-refractivity contribution in [2.75, 3.05) is 0 Å². The predicted molar refractivity (Wildman–Crippen MR) is 106 cm³/mol. The lowest BCUT2D eigenvalue weighted by Gasteiger charge is -2.21. The number of nitrogens with zero attached hydrogens (tertiary/aromatic N) is 2. The van der Waals surface area contributed by atoms with Gasteiger partial charge in [0, 0.05) is 23.7 Å². The van der Waals surface area contributed by atoms with Crippen molar-refractivity contribution >= 4 is 5.91 Å². The summed E-state index contributed by atoms with van der Waals surface area (Å²) in [6.45, 7) is 5.64. The van der Waals surface area contributed by atoms with E-state index in [1.807, 2.05) is 38.5 Å². The molecule has 0 bridgehead atoms. The summed E-state index contributed by atoms with van der Waals surface area (Å²) in [4.78, 5) is 16.9. The first kappa shape index (κ1) is 20.6. The number of benzene rings is 2. The van der Waals surface area contributed by atoms with Crippen molar-refractivity contribution in [3.8, 4) is 22.4 Å². The van der Waals surface area contributed by atoms with Gasteiger partial charge >= 0.3 is 6.18 Å². The molecule has 29 heavy (non-hydrogen) atoms. The first-order valence-electron chi connectivity index (χ1n) is 9.06. The fraction of sp³-hybridized carbons (Fsp3) is 0.273. The Morgan fingerprint density at radius 1 is 0.966 bits per heavy atom. The first-order chi connectivity index (χ1) is 13.4. The van der Waals surface area contributed by atoms with Crippen molar-refractivity contribution in [1.29, 1.82) is 0 Å². The maximum Gasteiger partial charge on any atom is 0.416 e. The molecular formula is C22H22F3N3O. The molecule has 0 saturated heterocycles. The summed E-state index contributed by atoms with van der Waals surface area (Å²) in [5, 5.41) is 2.92. The molecule has 152 valence electrons. The monoisotopic (exact) mass is 401 g/mol. The van der Waals surface area contributed by atoms with E-state index in [1.165, 1.54) is 12.1 Å². The third kappa shape index (κ3) is 4.85. The normalized spacial score (nSPS) is 12.1. The second-order valence-electron chi connectivity index (χ2n) is 7.97. The molecule has 4 nitrogen and oxygen atoms in total. The third-order valence-corrected chi connectivity index (χ3v) is 4.34. The number of carbonyl (C=O) groups excluding carboxylic acids is 1. The van der Waals surface area contributed by atoms with Crippen LogP contribution in [0.2, 0.25) is 0 Å². The van der Waals surface area contributed by atoms with Crippen molar-refractivity contribution in [2.24, 2.45) is 7.05 Å². The van der Waals surface area contributed by atoms with Crippen LogP contribution >= 0.6 is 0 Å². The minimum absolute atomic E-state index is 0.255. The molecule has 3 rings (SSSR count). The van der Waals surface area contributed by atoms with Gasteiger partial charge in [-0.05, 0) is 62.2 Å². The van der Waals surface area contributed by atoms with Crippen LogP contribution in [0.25, 0.3) is 22.4 Å². The van der Waals surface area contributed by atoms with Crippen LogP contribution in [0.5, 0.6) is 0 Å². The number of amides is 1. The number of aryl methyl sites for hydroxylation is 1. The summed E-state index contributed by atoms with van der Waals surface area (Å²) >= 11 is 0. The zero-order chi connectivity index (χ0) is 21.4. The number of hydrogen-bond acceptors (Lipinski definition) is 2. The van der Waals surface area contributed by atoms with E-state index in [4.69, 9.17) is 0 Å². The van der Waals surface area contributed by atoms with Crippen LogP contribution in [-0.2, 0) is 13.2 Å². The summed E-state index contributed by atoms with van der Waals surface area (Å²) < 4.78 is 40.5. The van der Waals surface area contributed by atoms with E-state index < -0.39 is 17.3 Å². The van der Waals surface area contributed by atoms with Crippen LogP contribution in [0, 0.1) is 0 Å². The molecule has 3 aromatic rings. The average molecular weight is 401 g/mol. The van der Waals surface area contributed by atoms with E-state index in [1.54, 1.807) is 24.7 Å². The van der Waals surface area contributed by atoms with Gasteiger partial charge < -0.3 is 9.88 Å². The quantitative estimate of drug-likeness (QED) is 0.647. The Kier molecular flexibility index (Phi) is 5.26. The molecule has 0 spiro atoms. The molecule has 0 aliphatic heterocycles. The molecule has 1 amide bonds. The zero-order valence-electron chi connectivity index (χ0n) is 16.6. The highest BCUT2D eigenvalue weighted by Gasteiger charge is 2.30. The largest absolute Gasteiger partial charge is 0.416 e. The SMILES string of the molecule is Cn1cncc1-c1cc(C(=O)NC(C)(C)C)cc(-c2ccc(C(F)(F)F)cc2)c1. The van der Waals surface area contributed by atoms with E-state index in [-0.39, 0.29) is 5.91 Å². The molecule has 1 N–H and O–H groups in total. The molecule has 2 aromatic carbocycles.